The molecule has 0 aliphatic carbocycles. The lowest BCUT2D eigenvalue weighted by atomic mass is 9.97. The van der Waals surface area contributed by atoms with Crippen LogP contribution in [0.4, 0.5) is 4.39 Å². The first-order valence-corrected chi connectivity index (χ1v) is 5.85. The fourth-order valence-electron chi connectivity index (χ4n) is 2.27. The Balaban J connectivity index is 2.09. The summed E-state index contributed by atoms with van der Waals surface area (Å²) in [5, 5.41) is 3.46. The Hall–Kier alpha value is -1.09. The smallest absolute Gasteiger partial charge is 0.123 e. The van der Waals surface area contributed by atoms with E-state index in [2.05, 4.69) is 5.32 Å². The standard InChI is InChI=1S/C13H18FNO/c1-16-13-6-5-11(14)8-10(13)9-12-4-2-3-7-15-12/h5-6,8,12,15H,2-4,7,9H2,1H3. The summed E-state index contributed by atoms with van der Waals surface area (Å²) in [7, 11) is 1.63. The van der Waals surface area contributed by atoms with E-state index in [0.717, 1.165) is 24.3 Å². The first-order chi connectivity index (χ1) is 7.79. The zero-order valence-electron chi connectivity index (χ0n) is 9.63. The SMILES string of the molecule is COc1ccc(F)cc1CC1CCCCN1. The topological polar surface area (TPSA) is 21.3 Å². The summed E-state index contributed by atoms with van der Waals surface area (Å²) in [6.45, 7) is 1.07. The lowest BCUT2D eigenvalue weighted by Crippen LogP contribution is -2.35. The molecule has 2 rings (SSSR count). The highest BCUT2D eigenvalue weighted by atomic mass is 19.1. The minimum absolute atomic E-state index is 0.188. The Bertz CT molecular complexity index is 348. The average Bonchev–Trinajstić information content (AvgIpc) is 2.31. The number of methoxy groups -OCH3 is 1. The second-order valence-electron chi connectivity index (χ2n) is 4.31. The average molecular weight is 223 g/mol. The largest absolute Gasteiger partial charge is 0.496 e. The summed E-state index contributed by atoms with van der Waals surface area (Å²) >= 11 is 0. The van der Waals surface area contributed by atoms with Crippen LogP contribution in [0.1, 0.15) is 24.8 Å². The van der Waals surface area contributed by atoms with Crippen LogP contribution in [-0.4, -0.2) is 19.7 Å². The third-order valence-corrected chi connectivity index (χ3v) is 3.12. The number of ether oxygens (including phenoxy) is 1. The summed E-state index contributed by atoms with van der Waals surface area (Å²) in [5.41, 5.74) is 0.960. The predicted octanol–water partition coefficient (Wildman–Crippen LogP) is 2.52. The fourth-order valence-corrected chi connectivity index (χ4v) is 2.27. The summed E-state index contributed by atoms with van der Waals surface area (Å²) in [6, 6.07) is 5.18. The van der Waals surface area contributed by atoms with E-state index in [1.54, 1.807) is 19.2 Å². The predicted molar refractivity (Wildman–Crippen MR) is 62.3 cm³/mol. The first-order valence-electron chi connectivity index (χ1n) is 5.85. The van der Waals surface area contributed by atoms with Crippen LogP contribution in [0, 0.1) is 5.82 Å². The van der Waals surface area contributed by atoms with Gasteiger partial charge in [-0.2, -0.15) is 0 Å². The molecule has 1 fully saturated rings. The minimum Gasteiger partial charge on any atom is -0.496 e. The molecule has 16 heavy (non-hydrogen) atoms. The van der Waals surface area contributed by atoms with Gasteiger partial charge in [0.05, 0.1) is 7.11 Å². The van der Waals surface area contributed by atoms with Gasteiger partial charge in [-0.25, -0.2) is 4.39 Å². The van der Waals surface area contributed by atoms with Gasteiger partial charge in [0.15, 0.2) is 0 Å². The Labute approximate surface area is 95.8 Å². The Morgan fingerprint density at radius 2 is 2.31 bits per heavy atom. The number of hydrogen-bond donors (Lipinski definition) is 1. The highest BCUT2D eigenvalue weighted by Crippen LogP contribution is 2.22. The van der Waals surface area contributed by atoms with Crippen molar-refractivity contribution in [3.8, 4) is 5.75 Å². The molecular formula is C13H18FNO. The van der Waals surface area contributed by atoms with E-state index in [9.17, 15) is 4.39 Å². The fraction of sp³-hybridized carbons (Fsp3) is 0.538. The summed E-state index contributed by atoms with van der Waals surface area (Å²) in [4.78, 5) is 0. The van der Waals surface area contributed by atoms with E-state index in [1.807, 2.05) is 0 Å². The van der Waals surface area contributed by atoms with Crippen molar-refractivity contribution in [2.24, 2.45) is 0 Å². The van der Waals surface area contributed by atoms with Crippen LogP contribution >= 0.6 is 0 Å². The molecule has 1 aromatic carbocycles. The highest BCUT2D eigenvalue weighted by molar-refractivity contribution is 5.34. The van der Waals surface area contributed by atoms with Gasteiger partial charge in [0, 0.05) is 6.04 Å². The number of hydrogen-bond acceptors (Lipinski definition) is 2. The van der Waals surface area contributed by atoms with Crippen molar-refractivity contribution in [3.05, 3.63) is 29.6 Å². The molecule has 1 aliphatic rings. The molecule has 1 N–H and O–H groups in total. The molecule has 3 heteroatoms. The molecule has 0 bridgehead atoms. The van der Waals surface area contributed by atoms with E-state index in [1.165, 1.54) is 25.3 Å². The number of piperidine rings is 1. The first kappa shape index (κ1) is 11.4. The van der Waals surface area contributed by atoms with Crippen molar-refractivity contribution in [2.75, 3.05) is 13.7 Å². The van der Waals surface area contributed by atoms with E-state index in [0.29, 0.717) is 6.04 Å². The summed E-state index contributed by atoms with van der Waals surface area (Å²) in [6.07, 6.45) is 4.52. The monoisotopic (exact) mass is 223 g/mol. The molecule has 0 amide bonds. The van der Waals surface area contributed by atoms with Crippen LogP contribution in [0.3, 0.4) is 0 Å². The van der Waals surface area contributed by atoms with Gasteiger partial charge in [0.2, 0.25) is 0 Å². The van der Waals surface area contributed by atoms with Crippen molar-refractivity contribution >= 4 is 0 Å². The van der Waals surface area contributed by atoms with Crippen LogP contribution in [0.2, 0.25) is 0 Å². The van der Waals surface area contributed by atoms with Crippen LogP contribution < -0.4 is 10.1 Å². The normalized spacial score (nSPS) is 20.8. The zero-order valence-corrected chi connectivity index (χ0v) is 9.63. The Kier molecular flexibility index (Phi) is 3.78. The van der Waals surface area contributed by atoms with Crippen molar-refractivity contribution in [1.82, 2.24) is 5.32 Å². The van der Waals surface area contributed by atoms with Crippen LogP contribution in [0.5, 0.6) is 5.75 Å². The summed E-state index contributed by atoms with van der Waals surface area (Å²) < 4.78 is 18.4. The van der Waals surface area contributed by atoms with Gasteiger partial charge in [0.1, 0.15) is 11.6 Å². The maximum absolute atomic E-state index is 13.2. The van der Waals surface area contributed by atoms with Crippen molar-refractivity contribution in [2.45, 2.75) is 31.7 Å². The number of nitrogens with one attached hydrogen (secondary N) is 1. The van der Waals surface area contributed by atoms with Gasteiger partial charge in [-0.05, 0) is 49.6 Å². The second-order valence-corrected chi connectivity index (χ2v) is 4.31. The van der Waals surface area contributed by atoms with E-state index in [4.69, 9.17) is 4.74 Å². The number of halogens is 1. The van der Waals surface area contributed by atoms with Gasteiger partial charge >= 0.3 is 0 Å². The summed E-state index contributed by atoms with van der Waals surface area (Å²) in [5.74, 6) is 0.598. The molecule has 1 unspecified atom stereocenters. The molecule has 1 saturated heterocycles. The van der Waals surface area contributed by atoms with Gasteiger partial charge in [0.25, 0.3) is 0 Å². The van der Waals surface area contributed by atoms with Crippen molar-refractivity contribution in [3.63, 3.8) is 0 Å². The van der Waals surface area contributed by atoms with Crippen LogP contribution in [-0.2, 0) is 6.42 Å². The molecule has 1 aromatic rings. The molecular weight excluding hydrogens is 205 g/mol. The number of benzene rings is 1. The van der Waals surface area contributed by atoms with E-state index in [-0.39, 0.29) is 5.82 Å². The third kappa shape index (κ3) is 2.73. The molecule has 88 valence electrons. The Morgan fingerprint density at radius 3 is 3.00 bits per heavy atom. The quantitative estimate of drug-likeness (QED) is 0.850. The maximum Gasteiger partial charge on any atom is 0.123 e. The Morgan fingerprint density at radius 1 is 1.44 bits per heavy atom. The van der Waals surface area contributed by atoms with E-state index >= 15 is 0 Å². The molecule has 1 heterocycles. The van der Waals surface area contributed by atoms with Crippen molar-refractivity contribution < 1.29 is 9.13 Å². The molecule has 1 atom stereocenters. The molecule has 0 aromatic heterocycles. The minimum atomic E-state index is -0.188. The highest BCUT2D eigenvalue weighted by Gasteiger charge is 2.15. The molecule has 2 nitrogen and oxygen atoms in total. The van der Waals surface area contributed by atoms with Gasteiger partial charge in [-0.1, -0.05) is 6.42 Å². The lowest BCUT2D eigenvalue weighted by Gasteiger charge is -2.24. The van der Waals surface area contributed by atoms with E-state index < -0.39 is 0 Å². The lowest BCUT2D eigenvalue weighted by molar-refractivity contribution is 0.380. The van der Waals surface area contributed by atoms with Gasteiger partial charge in [-0.3, -0.25) is 0 Å². The van der Waals surface area contributed by atoms with Crippen molar-refractivity contribution in [1.29, 1.82) is 0 Å². The molecule has 0 radical (unpaired) electrons. The maximum atomic E-state index is 13.2. The van der Waals surface area contributed by atoms with Gasteiger partial charge in [-0.15, -0.1) is 0 Å². The number of rotatable bonds is 3. The van der Waals surface area contributed by atoms with Gasteiger partial charge < -0.3 is 10.1 Å². The van der Waals surface area contributed by atoms with Crippen LogP contribution in [0.15, 0.2) is 18.2 Å². The molecule has 1 aliphatic heterocycles. The third-order valence-electron chi connectivity index (χ3n) is 3.12. The second kappa shape index (κ2) is 5.30. The van der Waals surface area contributed by atoms with Crippen LogP contribution in [0.25, 0.3) is 0 Å². The molecule has 0 spiro atoms. The zero-order chi connectivity index (χ0) is 11.4. The molecule has 0 saturated carbocycles.